The fourth-order valence-electron chi connectivity index (χ4n) is 4.34. The van der Waals surface area contributed by atoms with E-state index in [0.717, 1.165) is 41.9 Å². The summed E-state index contributed by atoms with van der Waals surface area (Å²) in [5, 5.41) is 12.1. The number of benzene rings is 2. The van der Waals surface area contributed by atoms with Crippen molar-refractivity contribution in [2.45, 2.75) is 37.9 Å². The van der Waals surface area contributed by atoms with Gasteiger partial charge >= 0.3 is 6.09 Å². The molecule has 1 aliphatic rings. The molecule has 1 aromatic heterocycles. The highest BCUT2D eigenvalue weighted by Crippen LogP contribution is 2.38. The molecule has 3 aromatic rings. The van der Waals surface area contributed by atoms with Crippen molar-refractivity contribution < 1.29 is 24.1 Å². The van der Waals surface area contributed by atoms with E-state index >= 15 is 0 Å². The van der Waals surface area contributed by atoms with E-state index in [1.54, 1.807) is 12.1 Å². The predicted octanol–water partition coefficient (Wildman–Crippen LogP) is 5.03. The molecule has 0 saturated carbocycles. The molecule has 0 radical (unpaired) electrons. The lowest BCUT2D eigenvalue weighted by molar-refractivity contribution is -0.252. The molecule has 8 nitrogen and oxygen atoms in total. The van der Waals surface area contributed by atoms with Crippen LogP contribution in [0.1, 0.15) is 41.2 Å². The van der Waals surface area contributed by atoms with Gasteiger partial charge in [-0.1, -0.05) is 55.1 Å². The largest absolute Gasteiger partial charge is 0.445 e. The molecule has 3 unspecified atom stereocenters. The number of hydrogen-bond donors (Lipinski definition) is 2. The summed E-state index contributed by atoms with van der Waals surface area (Å²) in [7, 11) is 2.09. The summed E-state index contributed by atoms with van der Waals surface area (Å²) in [5.41, 5.74) is 4.43. The number of aromatic nitrogens is 1. The first-order valence-corrected chi connectivity index (χ1v) is 12.8. The molecule has 0 bridgehead atoms. The van der Waals surface area contributed by atoms with E-state index in [-0.39, 0.29) is 25.4 Å². The first-order valence-electron chi connectivity index (χ1n) is 12.8. The van der Waals surface area contributed by atoms with E-state index in [1.165, 1.54) is 6.08 Å². The fraction of sp³-hybridized carbons (Fsp3) is 0.333. The summed E-state index contributed by atoms with van der Waals surface area (Å²) in [5.74, 6) is 0. The Morgan fingerprint density at radius 2 is 1.89 bits per heavy atom. The van der Waals surface area contributed by atoms with Crippen LogP contribution in [0.3, 0.4) is 0 Å². The number of carbonyl (C=O) groups is 1. The Bertz CT molecular complexity index is 1150. The monoisotopic (exact) mass is 517 g/mol. The number of nitrogens with one attached hydrogen (secondary N) is 1. The number of nitrogens with zero attached hydrogens (tertiary/aromatic N) is 2. The molecule has 0 aliphatic carbocycles. The first kappa shape index (κ1) is 27.5. The van der Waals surface area contributed by atoms with Gasteiger partial charge in [-0.05, 0) is 42.4 Å². The lowest BCUT2D eigenvalue weighted by Crippen LogP contribution is -2.38. The second-order valence-electron chi connectivity index (χ2n) is 9.32. The number of amides is 1. The summed E-state index contributed by atoms with van der Waals surface area (Å²) in [4.78, 5) is 18.5. The molecule has 1 aliphatic heterocycles. The maximum atomic E-state index is 11.8. The van der Waals surface area contributed by atoms with Crippen molar-refractivity contribution in [3.63, 3.8) is 0 Å². The minimum Gasteiger partial charge on any atom is -0.445 e. The smallest absolute Gasteiger partial charge is 0.411 e. The molecule has 2 heterocycles. The molecule has 2 N–H and O–H groups in total. The number of anilines is 1. The number of carbonyl (C=O) groups excluding carboxylic acids is 1. The number of aliphatic hydroxyl groups excluding tert-OH is 1. The third kappa shape index (κ3) is 7.97. The van der Waals surface area contributed by atoms with Crippen LogP contribution in [0.5, 0.6) is 0 Å². The molecule has 1 amide bonds. The van der Waals surface area contributed by atoms with Crippen LogP contribution >= 0.6 is 0 Å². The fourth-order valence-corrected chi connectivity index (χ4v) is 4.34. The number of rotatable bonds is 11. The van der Waals surface area contributed by atoms with Gasteiger partial charge in [-0.25, -0.2) is 4.79 Å². The second kappa shape index (κ2) is 13.8. The maximum Gasteiger partial charge on any atom is 0.411 e. The van der Waals surface area contributed by atoms with Crippen LogP contribution in [0.15, 0.2) is 85.6 Å². The summed E-state index contributed by atoms with van der Waals surface area (Å²) in [6, 6.07) is 21.2. The van der Waals surface area contributed by atoms with Gasteiger partial charge in [0.25, 0.3) is 0 Å². The highest BCUT2D eigenvalue weighted by Gasteiger charge is 2.32. The minimum atomic E-state index is -0.567. The quantitative estimate of drug-likeness (QED) is 0.345. The van der Waals surface area contributed by atoms with Crippen molar-refractivity contribution in [3.05, 3.63) is 108 Å². The van der Waals surface area contributed by atoms with E-state index < -0.39 is 12.4 Å². The number of aliphatic hydroxyl groups is 1. The van der Waals surface area contributed by atoms with E-state index in [9.17, 15) is 9.90 Å². The van der Waals surface area contributed by atoms with E-state index in [0.29, 0.717) is 12.1 Å². The molecule has 1 saturated heterocycles. The molecular formula is C30H35N3O5. The lowest BCUT2D eigenvalue weighted by Gasteiger charge is -2.38. The van der Waals surface area contributed by atoms with Crippen molar-refractivity contribution in [1.82, 2.24) is 9.88 Å². The molecule has 38 heavy (non-hydrogen) atoms. The zero-order valence-electron chi connectivity index (χ0n) is 21.7. The van der Waals surface area contributed by atoms with Crippen LogP contribution in [0.2, 0.25) is 0 Å². The van der Waals surface area contributed by atoms with Crippen LogP contribution in [0.25, 0.3) is 0 Å². The van der Waals surface area contributed by atoms with Crippen LogP contribution < -0.4 is 5.32 Å². The Balaban J connectivity index is 1.44. The highest BCUT2D eigenvalue weighted by atomic mass is 16.7. The summed E-state index contributed by atoms with van der Waals surface area (Å²) >= 11 is 0. The number of likely N-dealkylation sites (N-methyl/N-ethyl adjacent to an activating group) is 1. The molecule has 0 spiro atoms. The van der Waals surface area contributed by atoms with Gasteiger partial charge in [0.2, 0.25) is 0 Å². The van der Waals surface area contributed by atoms with E-state index in [2.05, 4.69) is 28.8 Å². The zero-order chi connectivity index (χ0) is 26.7. The molecule has 200 valence electrons. The summed E-state index contributed by atoms with van der Waals surface area (Å²) < 4.78 is 17.8. The van der Waals surface area contributed by atoms with Crippen molar-refractivity contribution in [1.29, 1.82) is 0 Å². The minimum absolute atomic E-state index is 0.00273. The van der Waals surface area contributed by atoms with Gasteiger partial charge in [-0.2, -0.15) is 0 Å². The average molecular weight is 518 g/mol. The van der Waals surface area contributed by atoms with Crippen molar-refractivity contribution in [2.24, 2.45) is 0 Å². The summed E-state index contributed by atoms with van der Waals surface area (Å²) in [6.45, 7) is 5.29. The Morgan fingerprint density at radius 3 is 2.58 bits per heavy atom. The third-order valence-corrected chi connectivity index (χ3v) is 6.37. The van der Waals surface area contributed by atoms with Crippen molar-refractivity contribution in [3.8, 4) is 0 Å². The molecule has 3 atom stereocenters. The predicted molar refractivity (Wildman–Crippen MR) is 145 cm³/mol. The van der Waals surface area contributed by atoms with Crippen LogP contribution in [-0.2, 0) is 27.2 Å². The maximum absolute atomic E-state index is 11.8. The van der Waals surface area contributed by atoms with Gasteiger partial charge in [-0.15, -0.1) is 0 Å². The van der Waals surface area contributed by atoms with Crippen molar-refractivity contribution >= 4 is 11.8 Å². The second-order valence-corrected chi connectivity index (χ2v) is 9.32. The molecule has 2 aromatic carbocycles. The van der Waals surface area contributed by atoms with Gasteiger partial charge < -0.3 is 24.2 Å². The summed E-state index contributed by atoms with van der Waals surface area (Å²) in [6.07, 6.45) is 3.57. The van der Waals surface area contributed by atoms with Crippen molar-refractivity contribution in [2.75, 3.05) is 32.1 Å². The third-order valence-electron chi connectivity index (χ3n) is 6.37. The standard InChI is InChI=1S/C30H35N3O5/c1-3-18-36-30(35)32-26-13-11-24(12-14-26)29-37-27(20-33(2)17-15-25-6-4-5-16-31-25)19-28(38-29)23-9-7-22(21-34)8-10-23/h3-14,16,27-29,34H,1,15,17-21H2,2H3,(H,32,35). The molecular weight excluding hydrogens is 482 g/mol. The lowest BCUT2D eigenvalue weighted by atomic mass is 9.99. The topological polar surface area (TPSA) is 93.2 Å². The Labute approximate surface area is 223 Å². The Hall–Kier alpha value is -3.56. The average Bonchev–Trinajstić information content (AvgIpc) is 2.96. The van der Waals surface area contributed by atoms with Crippen LogP contribution in [-0.4, -0.2) is 53.9 Å². The van der Waals surface area contributed by atoms with Gasteiger partial charge in [0.15, 0.2) is 6.29 Å². The molecule has 1 fully saturated rings. The van der Waals surface area contributed by atoms with E-state index in [4.69, 9.17) is 14.2 Å². The Morgan fingerprint density at radius 1 is 1.13 bits per heavy atom. The van der Waals surface area contributed by atoms with Crippen LogP contribution in [0.4, 0.5) is 10.5 Å². The van der Waals surface area contributed by atoms with Gasteiger partial charge in [0, 0.05) is 49.1 Å². The number of pyridine rings is 1. The van der Waals surface area contributed by atoms with Crippen LogP contribution in [0, 0.1) is 0 Å². The van der Waals surface area contributed by atoms with Gasteiger partial charge in [-0.3, -0.25) is 10.3 Å². The first-order chi connectivity index (χ1) is 18.5. The molecule has 4 rings (SSSR count). The SMILES string of the molecule is C=CCOC(=O)Nc1ccc(C2OC(CN(C)CCc3ccccn3)CC(c3ccc(CO)cc3)O2)cc1. The number of ether oxygens (including phenoxy) is 3. The van der Waals surface area contributed by atoms with E-state index in [1.807, 2.05) is 60.8 Å². The van der Waals surface area contributed by atoms with Gasteiger partial charge in [0.1, 0.15) is 6.61 Å². The van der Waals surface area contributed by atoms with Gasteiger partial charge in [0.05, 0.1) is 18.8 Å². The normalized spacial score (nSPS) is 19.2. The highest BCUT2D eigenvalue weighted by molar-refractivity contribution is 5.84. The zero-order valence-corrected chi connectivity index (χ0v) is 21.7. The Kier molecular flexibility index (Phi) is 10.0. The molecule has 8 heteroatoms. The number of hydrogen-bond acceptors (Lipinski definition) is 7.